The van der Waals surface area contributed by atoms with E-state index < -0.39 is 0 Å². The van der Waals surface area contributed by atoms with Crippen LogP contribution in [-0.4, -0.2) is 22.1 Å². The molecule has 2 aromatic rings. The van der Waals surface area contributed by atoms with Gasteiger partial charge in [0.25, 0.3) is 0 Å². The molecule has 0 saturated heterocycles. The molecule has 0 saturated carbocycles. The van der Waals surface area contributed by atoms with E-state index in [0.717, 1.165) is 11.1 Å². The van der Waals surface area contributed by atoms with Crippen LogP contribution in [0, 0.1) is 6.92 Å². The van der Waals surface area contributed by atoms with Crippen molar-refractivity contribution in [3.63, 3.8) is 0 Å². The maximum absolute atomic E-state index is 6.04. The number of methoxy groups -OCH3 is 1. The van der Waals surface area contributed by atoms with Crippen LogP contribution in [0.15, 0.2) is 18.2 Å². The number of ether oxygens (including phenoxy) is 1. The summed E-state index contributed by atoms with van der Waals surface area (Å²) in [6.07, 6.45) is 0. The minimum Gasteiger partial charge on any atom is -0.467 e. The van der Waals surface area contributed by atoms with Crippen molar-refractivity contribution >= 4 is 17.5 Å². The van der Waals surface area contributed by atoms with E-state index in [-0.39, 0.29) is 12.0 Å². The summed E-state index contributed by atoms with van der Waals surface area (Å²) in [5, 5.41) is 0.653. The molecule has 1 aromatic carbocycles. The monoisotopic (exact) mass is 250 g/mol. The molecular formula is C11H11ClN4O. The van der Waals surface area contributed by atoms with Crippen molar-refractivity contribution in [2.24, 2.45) is 0 Å². The van der Waals surface area contributed by atoms with Crippen LogP contribution in [0.5, 0.6) is 6.01 Å². The van der Waals surface area contributed by atoms with Gasteiger partial charge in [0.15, 0.2) is 5.82 Å². The van der Waals surface area contributed by atoms with Crippen LogP contribution in [0.3, 0.4) is 0 Å². The van der Waals surface area contributed by atoms with E-state index >= 15 is 0 Å². The van der Waals surface area contributed by atoms with Crippen LogP contribution in [0.2, 0.25) is 5.02 Å². The first-order chi connectivity index (χ1) is 8.10. The molecule has 0 atom stereocenters. The molecule has 88 valence electrons. The smallest absolute Gasteiger partial charge is 0.321 e. The highest BCUT2D eigenvalue weighted by atomic mass is 35.5. The molecule has 2 N–H and O–H groups in total. The number of anilines is 1. The van der Waals surface area contributed by atoms with E-state index in [9.17, 15) is 0 Å². The molecule has 0 fully saturated rings. The topological polar surface area (TPSA) is 73.9 Å². The van der Waals surface area contributed by atoms with Crippen LogP contribution >= 0.6 is 11.6 Å². The average molecular weight is 251 g/mol. The third kappa shape index (κ3) is 2.45. The van der Waals surface area contributed by atoms with Crippen LogP contribution in [0.4, 0.5) is 5.95 Å². The first kappa shape index (κ1) is 11.6. The molecule has 0 amide bonds. The van der Waals surface area contributed by atoms with Gasteiger partial charge in [0.2, 0.25) is 5.95 Å². The first-order valence-electron chi connectivity index (χ1n) is 4.92. The number of hydrogen-bond acceptors (Lipinski definition) is 5. The number of nitrogen functional groups attached to an aromatic ring is 1. The van der Waals surface area contributed by atoms with Crippen molar-refractivity contribution in [1.29, 1.82) is 0 Å². The fourth-order valence-corrected chi connectivity index (χ4v) is 1.50. The molecule has 0 aliphatic carbocycles. The third-order valence-corrected chi connectivity index (χ3v) is 2.65. The van der Waals surface area contributed by atoms with Gasteiger partial charge in [-0.3, -0.25) is 0 Å². The molecular weight excluding hydrogens is 240 g/mol. The highest BCUT2D eigenvalue weighted by Crippen LogP contribution is 2.23. The molecule has 1 aromatic heterocycles. The number of aromatic nitrogens is 3. The molecule has 5 nitrogen and oxygen atoms in total. The van der Waals surface area contributed by atoms with Crippen LogP contribution < -0.4 is 10.5 Å². The normalized spacial score (nSPS) is 10.3. The van der Waals surface area contributed by atoms with E-state index in [2.05, 4.69) is 15.0 Å². The number of benzene rings is 1. The van der Waals surface area contributed by atoms with Crippen molar-refractivity contribution in [2.75, 3.05) is 12.8 Å². The van der Waals surface area contributed by atoms with Crippen molar-refractivity contribution in [3.05, 3.63) is 28.8 Å². The summed E-state index contributed by atoms with van der Waals surface area (Å²) < 4.78 is 4.94. The second kappa shape index (κ2) is 4.55. The Hall–Kier alpha value is -1.88. The standard InChI is InChI=1S/C11H11ClN4O/c1-6-3-4-7(5-8(6)12)9-14-10(13)16-11(15-9)17-2/h3-5H,1-2H3,(H2,13,14,15,16). The second-order valence-corrected chi connectivity index (χ2v) is 3.88. The zero-order valence-corrected chi connectivity index (χ0v) is 10.2. The van der Waals surface area contributed by atoms with Gasteiger partial charge >= 0.3 is 6.01 Å². The van der Waals surface area contributed by atoms with Gasteiger partial charge in [-0.2, -0.15) is 15.0 Å². The molecule has 2 rings (SSSR count). The lowest BCUT2D eigenvalue weighted by Gasteiger charge is -2.05. The summed E-state index contributed by atoms with van der Waals surface area (Å²) in [6.45, 7) is 1.93. The molecule has 1 heterocycles. The van der Waals surface area contributed by atoms with E-state index in [1.165, 1.54) is 7.11 Å². The Balaban J connectivity index is 2.52. The molecule has 0 bridgehead atoms. The average Bonchev–Trinajstić information content (AvgIpc) is 2.32. The molecule has 0 radical (unpaired) electrons. The van der Waals surface area contributed by atoms with Crippen molar-refractivity contribution in [2.45, 2.75) is 6.92 Å². The van der Waals surface area contributed by atoms with Crippen molar-refractivity contribution in [1.82, 2.24) is 15.0 Å². The minimum atomic E-state index is 0.114. The lowest BCUT2D eigenvalue weighted by molar-refractivity contribution is 0.379. The summed E-state index contributed by atoms with van der Waals surface area (Å²) in [6, 6.07) is 5.73. The SMILES string of the molecule is COc1nc(N)nc(-c2ccc(C)c(Cl)c2)n1. The van der Waals surface area contributed by atoms with Crippen molar-refractivity contribution in [3.8, 4) is 17.4 Å². The van der Waals surface area contributed by atoms with Gasteiger partial charge in [-0.25, -0.2) is 0 Å². The molecule has 0 aliphatic heterocycles. The minimum absolute atomic E-state index is 0.114. The zero-order valence-electron chi connectivity index (χ0n) is 9.44. The molecule has 17 heavy (non-hydrogen) atoms. The number of nitrogens with two attached hydrogens (primary N) is 1. The lowest BCUT2D eigenvalue weighted by Crippen LogP contribution is -2.02. The van der Waals surface area contributed by atoms with Gasteiger partial charge in [-0.05, 0) is 18.6 Å². The van der Waals surface area contributed by atoms with Crippen molar-refractivity contribution < 1.29 is 4.74 Å². The van der Waals surface area contributed by atoms with Gasteiger partial charge in [-0.1, -0.05) is 23.7 Å². The second-order valence-electron chi connectivity index (χ2n) is 3.47. The maximum Gasteiger partial charge on any atom is 0.321 e. The van der Waals surface area contributed by atoms with E-state index in [1.807, 2.05) is 19.1 Å². The van der Waals surface area contributed by atoms with E-state index in [4.69, 9.17) is 22.1 Å². The largest absolute Gasteiger partial charge is 0.467 e. The Kier molecular flexibility index (Phi) is 3.10. The molecule has 0 unspecified atom stereocenters. The summed E-state index contributed by atoms with van der Waals surface area (Å²) in [5.41, 5.74) is 7.33. The number of hydrogen-bond donors (Lipinski definition) is 1. The van der Waals surface area contributed by atoms with Gasteiger partial charge in [0.1, 0.15) is 0 Å². The molecule has 6 heteroatoms. The van der Waals surface area contributed by atoms with Crippen LogP contribution in [-0.2, 0) is 0 Å². The number of nitrogens with zero attached hydrogens (tertiary/aromatic N) is 3. The summed E-state index contributed by atoms with van der Waals surface area (Å²) in [7, 11) is 1.47. The molecule has 0 spiro atoms. The predicted octanol–water partition coefficient (Wildman–Crippen LogP) is 2.09. The predicted molar refractivity (Wildman–Crippen MR) is 66.0 cm³/mol. The summed E-state index contributed by atoms with van der Waals surface area (Å²) in [4.78, 5) is 12.0. The van der Waals surface area contributed by atoms with Gasteiger partial charge in [0.05, 0.1) is 7.11 Å². The Labute approximate surface area is 104 Å². The Morgan fingerprint density at radius 3 is 2.65 bits per heavy atom. The van der Waals surface area contributed by atoms with E-state index in [1.54, 1.807) is 6.07 Å². The quantitative estimate of drug-likeness (QED) is 0.883. The number of halogens is 1. The first-order valence-corrected chi connectivity index (χ1v) is 5.30. The Morgan fingerprint density at radius 2 is 2.00 bits per heavy atom. The van der Waals surface area contributed by atoms with Gasteiger partial charge in [-0.15, -0.1) is 0 Å². The van der Waals surface area contributed by atoms with Crippen LogP contribution in [0.25, 0.3) is 11.4 Å². The Bertz CT molecular complexity index is 559. The summed E-state index contributed by atoms with van der Waals surface area (Å²) >= 11 is 6.04. The van der Waals surface area contributed by atoms with Crippen LogP contribution in [0.1, 0.15) is 5.56 Å². The summed E-state index contributed by atoms with van der Waals surface area (Å²) in [5.74, 6) is 0.555. The fraction of sp³-hybridized carbons (Fsp3) is 0.182. The van der Waals surface area contributed by atoms with Gasteiger partial charge in [0, 0.05) is 10.6 Å². The number of rotatable bonds is 2. The molecule has 0 aliphatic rings. The lowest BCUT2D eigenvalue weighted by atomic mass is 10.1. The Morgan fingerprint density at radius 1 is 1.24 bits per heavy atom. The fourth-order valence-electron chi connectivity index (χ4n) is 1.32. The van der Waals surface area contributed by atoms with E-state index in [0.29, 0.717) is 10.8 Å². The van der Waals surface area contributed by atoms with Gasteiger partial charge < -0.3 is 10.5 Å². The number of aryl methyl sites for hydroxylation is 1. The zero-order chi connectivity index (χ0) is 12.4. The highest BCUT2D eigenvalue weighted by Gasteiger charge is 2.08. The third-order valence-electron chi connectivity index (χ3n) is 2.24. The highest BCUT2D eigenvalue weighted by molar-refractivity contribution is 6.31. The maximum atomic E-state index is 6.04.